The summed E-state index contributed by atoms with van der Waals surface area (Å²) in [7, 11) is 5.24. The molecule has 240 valence electrons. The number of nitriles is 1. The molecule has 0 saturated carbocycles. The lowest BCUT2D eigenvalue weighted by molar-refractivity contribution is -0.890. The summed E-state index contributed by atoms with van der Waals surface area (Å²) in [6, 6.07) is 11.9. The zero-order valence-electron chi connectivity index (χ0n) is 25.5. The highest BCUT2D eigenvalue weighted by molar-refractivity contribution is 5.93. The molecule has 45 heavy (non-hydrogen) atoms. The topological polar surface area (TPSA) is 133 Å². The molecule has 1 atom stereocenters. The molecule has 2 heterocycles. The highest BCUT2D eigenvalue weighted by Crippen LogP contribution is 2.43. The minimum atomic E-state index is -4.44. The van der Waals surface area contributed by atoms with E-state index in [1.165, 1.54) is 34.8 Å². The van der Waals surface area contributed by atoms with E-state index in [1.54, 1.807) is 31.2 Å². The van der Waals surface area contributed by atoms with Crippen LogP contribution in [0.2, 0.25) is 0 Å². The van der Waals surface area contributed by atoms with E-state index < -0.39 is 30.3 Å². The number of alkyl halides is 3. The first kappa shape index (κ1) is 33.4. The first-order valence-electron chi connectivity index (χ1n) is 14.3. The van der Waals surface area contributed by atoms with Crippen LogP contribution in [-0.4, -0.2) is 90.6 Å². The number of nitrogens with one attached hydrogen (secondary N) is 1. The summed E-state index contributed by atoms with van der Waals surface area (Å²) in [4.78, 5) is 28.3. The van der Waals surface area contributed by atoms with Crippen LogP contribution in [0.4, 0.5) is 24.8 Å². The van der Waals surface area contributed by atoms with Crippen LogP contribution in [0.15, 0.2) is 58.5 Å². The molecule has 0 fully saturated rings. The zero-order valence-corrected chi connectivity index (χ0v) is 25.5. The summed E-state index contributed by atoms with van der Waals surface area (Å²) < 4.78 is 52.1. The van der Waals surface area contributed by atoms with Crippen molar-refractivity contribution in [2.24, 2.45) is 0 Å². The minimum absolute atomic E-state index is 0.00384. The van der Waals surface area contributed by atoms with Gasteiger partial charge in [-0.2, -0.15) is 18.4 Å². The predicted octanol–water partition coefficient (Wildman–Crippen LogP) is 3.36. The number of quaternary nitrogens is 1. The number of hydrogen-bond acceptors (Lipinski definition) is 8. The third kappa shape index (κ3) is 7.62. The second kappa shape index (κ2) is 13.7. The number of methoxy groups -OCH3 is 1. The standard InChI is InChI=1S/C31H35F3N6O5/c1-20-26(28(42)44-4)27(25-9-8-22(19-35)16-23(25)10-11-40(2,3)12-14-45-15-13-41)39-29(36-37-30(39)43)38(20)24-7-5-6-21(17-24)18-31(32,33)34/h5-9,16-17,27,41H,10-15,18H2,1-4H3/p+1/t27-/m1/s1. The fraction of sp³-hybridized carbons (Fsp3) is 0.419. The first-order chi connectivity index (χ1) is 21.3. The van der Waals surface area contributed by atoms with Crippen LogP contribution in [0.1, 0.15) is 35.2 Å². The largest absolute Gasteiger partial charge is 0.466 e. The molecular weight excluding hydrogens is 593 g/mol. The van der Waals surface area contributed by atoms with Crippen LogP contribution in [0.3, 0.4) is 0 Å². The maximum absolute atomic E-state index is 13.5. The number of aromatic amines is 1. The Bertz CT molecular complexity index is 1670. The van der Waals surface area contributed by atoms with Gasteiger partial charge in [0.15, 0.2) is 0 Å². The van der Waals surface area contributed by atoms with E-state index >= 15 is 0 Å². The molecule has 0 spiro atoms. The molecule has 0 unspecified atom stereocenters. The number of allylic oxidation sites excluding steroid dienone is 1. The summed E-state index contributed by atoms with van der Waals surface area (Å²) >= 11 is 0. The van der Waals surface area contributed by atoms with Crippen LogP contribution in [0.25, 0.3) is 0 Å². The summed E-state index contributed by atoms with van der Waals surface area (Å²) in [5.41, 5.74) is 1.71. The maximum Gasteiger partial charge on any atom is 0.393 e. The van der Waals surface area contributed by atoms with Gasteiger partial charge in [-0.15, -0.1) is 5.10 Å². The predicted molar refractivity (Wildman–Crippen MR) is 159 cm³/mol. The Morgan fingerprint density at radius 2 is 1.93 bits per heavy atom. The molecule has 2 aromatic carbocycles. The Morgan fingerprint density at radius 1 is 1.18 bits per heavy atom. The Balaban J connectivity index is 1.84. The molecule has 0 aliphatic carbocycles. The van der Waals surface area contributed by atoms with E-state index in [-0.39, 0.29) is 36.0 Å². The Morgan fingerprint density at radius 3 is 2.60 bits per heavy atom. The van der Waals surface area contributed by atoms with Gasteiger partial charge in [-0.3, -0.25) is 4.90 Å². The quantitative estimate of drug-likeness (QED) is 0.177. The Labute approximate surface area is 258 Å². The fourth-order valence-corrected chi connectivity index (χ4v) is 5.47. The number of esters is 1. The van der Waals surface area contributed by atoms with Crippen LogP contribution in [0, 0.1) is 11.3 Å². The first-order valence-corrected chi connectivity index (χ1v) is 14.3. The van der Waals surface area contributed by atoms with Crippen molar-refractivity contribution in [1.29, 1.82) is 5.26 Å². The van der Waals surface area contributed by atoms with E-state index in [2.05, 4.69) is 16.3 Å². The van der Waals surface area contributed by atoms with Crippen LogP contribution >= 0.6 is 0 Å². The number of halogens is 3. The van der Waals surface area contributed by atoms with Crippen molar-refractivity contribution < 1.29 is 37.0 Å². The Kier molecular flexibility index (Phi) is 10.2. The number of carbonyl (C=O) groups is 1. The molecule has 11 nitrogen and oxygen atoms in total. The van der Waals surface area contributed by atoms with Gasteiger partial charge in [-0.1, -0.05) is 18.2 Å². The molecule has 0 saturated heterocycles. The number of carbonyl (C=O) groups excluding carboxylic acids is 1. The van der Waals surface area contributed by atoms with Crippen molar-refractivity contribution in [2.75, 3.05) is 59.0 Å². The number of hydrogen-bond donors (Lipinski definition) is 2. The smallest absolute Gasteiger partial charge is 0.393 e. The van der Waals surface area contributed by atoms with Crippen LogP contribution < -0.4 is 10.6 Å². The number of aromatic nitrogens is 3. The van der Waals surface area contributed by atoms with Gasteiger partial charge in [0.05, 0.1) is 71.2 Å². The lowest BCUT2D eigenvalue weighted by atomic mass is 9.89. The minimum Gasteiger partial charge on any atom is -0.466 e. The maximum atomic E-state index is 13.5. The normalized spacial score (nSPS) is 15.2. The average Bonchev–Trinajstić information content (AvgIpc) is 3.37. The van der Waals surface area contributed by atoms with E-state index in [4.69, 9.17) is 14.6 Å². The number of likely N-dealkylation sites (N-methyl/N-ethyl adjacent to an activating group) is 1. The highest BCUT2D eigenvalue weighted by Gasteiger charge is 2.40. The highest BCUT2D eigenvalue weighted by atomic mass is 19.4. The van der Waals surface area contributed by atoms with Gasteiger partial charge in [0.1, 0.15) is 12.6 Å². The fourth-order valence-electron chi connectivity index (χ4n) is 5.47. The van der Waals surface area contributed by atoms with Crippen molar-refractivity contribution in [2.45, 2.75) is 32.0 Å². The number of aliphatic hydroxyl groups excluding tert-OH is 1. The summed E-state index contributed by atoms with van der Waals surface area (Å²) in [5.74, 6) is -0.660. The number of fused-ring (bicyclic) bond motifs is 1. The molecule has 2 N–H and O–H groups in total. The summed E-state index contributed by atoms with van der Waals surface area (Å²) in [6.07, 6.45) is -5.13. The molecule has 1 aliphatic heterocycles. The molecule has 1 aliphatic rings. The zero-order chi connectivity index (χ0) is 32.9. The van der Waals surface area contributed by atoms with Gasteiger partial charge in [0.25, 0.3) is 0 Å². The second-order valence-corrected chi connectivity index (χ2v) is 11.4. The number of anilines is 2. The van der Waals surface area contributed by atoms with Gasteiger partial charge in [0, 0.05) is 17.8 Å². The molecule has 4 rings (SSSR count). The molecule has 0 amide bonds. The molecule has 14 heteroatoms. The van der Waals surface area contributed by atoms with Crippen molar-refractivity contribution in [3.63, 3.8) is 0 Å². The van der Waals surface area contributed by atoms with E-state index in [9.17, 15) is 28.0 Å². The van der Waals surface area contributed by atoms with E-state index in [0.29, 0.717) is 47.4 Å². The second-order valence-electron chi connectivity index (χ2n) is 11.4. The van der Waals surface area contributed by atoms with Gasteiger partial charge < -0.3 is 19.1 Å². The number of aliphatic hydroxyl groups is 1. The summed E-state index contributed by atoms with van der Waals surface area (Å²) in [5, 5.41) is 25.3. The van der Waals surface area contributed by atoms with E-state index in [1.807, 2.05) is 14.1 Å². The van der Waals surface area contributed by atoms with E-state index in [0.717, 1.165) is 5.56 Å². The monoisotopic (exact) mass is 629 g/mol. The Hall–Kier alpha value is -4.45. The summed E-state index contributed by atoms with van der Waals surface area (Å²) in [6.45, 7) is 3.48. The van der Waals surface area contributed by atoms with Gasteiger partial charge in [-0.25, -0.2) is 19.3 Å². The van der Waals surface area contributed by atoms with Gasteiger partial charge in [-0.05, 0) is 47.9 Å². The lowest BCUT2D eigenvalue weighted by Crippen LogP contribution is -2.44. The van der Waals surface area contributed by atoms with Crippen LogP contribution in [-0.2, 0) is 27.1 Å². The number of H-pyrrole nitrogens is 1. The third-order valence-electron chi connectivity index (χ3n) is 7.75. The van der Waals surface area contributed by atoms with Crippen molar-refractivity contribution >= 4 is 17.6 Å². The van der Waals surface area contributed by atoms with Gasteiger partial charge >= 0.3 is 17.8 Å². The molecular formula is C31H36F3N6O5+. The van der Waals surface area contributed by atoms with Crippen molar-refractivity contribution in [1.82, 2.24) is 14.8 Å². The molecule has 0 bridgehead atoms. The van der Waals surface area contributed by atoms with Crippen molar-refractivity contribution in [3.05, 3.63) is 86.5 Å². The molecule has 1 aromatic heterocycles. The molecule has 3 aromatic rings. The van der Waals surface area contributed by atoms with Gasteiger partial charge in [0.2, 0.25) is 5.95 Å². The van der Waals surface area contributed by atoms with Crippen molar-refractivity contribution in [3.8, 4) is 6.07 Å². The van der Waals surface area contributed by atoms with Crippen LogP contribution in [0.5, 0.6) is 0 Å². The average molecular weight is 630 g/mol. The number of benzene rings is 2. The number of rotatable bonds is 12. The number of ether oxygens (including phenoxy) is 2. The lowest BCUT2D eigenvalue weighted by Gasteiger charge is -2.36. The molecule has 0 radical (unpaired) electrons. The SMILES string of the molecule is COC(=O)C1=C(C)N(c2cccc(CC(F)(F)F)c2)c2n[nH]c(=O)n2[C@@H]1c1ccc(C#N)cc1CC[N+](C)(C)CCOCCO. The number of nitrogens with zero attached hydrogens (tertiary/aromatic N) is 5. The third-order valence-corrected chi connectivity index (χ3v) is 7.75.